The number of fused-ring (bicyclic) bond motifs is 3. The Morgan fingerprint density at radius 1 is 1.07 bits per heavy atom. The van der Waals surface area contributed by atoms with E-state index in [1.165, 1.54) is 64.2 Å². The average molecular weight is 421 g/mol. The molecule has 2 bridgehead atoms. The first-order chi connectivity index (χ1) is 13.7. The monoisotopic (exact) mass is 420 g/mol. The summed E-state index contributed by atoms with van der Waals surface area (Å²) >= 11 is 0. The van der Waals surface area contributed by atoms with Gasteiger partial charge in [0.2, 0.25) is 5.91 Å². The molecule has 1 aromatic rings. The molecule has 5 heteroatoms. The molecule has 28 heavy (non-hydrogen) atoms. The number of nitrogens with zero attached hydrogens (tertiary/aromatic N) is 1. The molecule has 2 saturated carbocycles. The van der Waals surface area contributed by atoms with Gasteiger partial charge in [-0.25, -0.2) is 4.98 Å². The highest BCUT2D eigenvalue weighted by Crippen LogP contribution is 2.35. The summed E-state index contributed by atoms with van der Waals surface area (Å²) in [5.41, 5.74) is 0. The van der Waals surface area contributed by atoms with Crippen LogP contribution in [0, 0.1) is 11.8 Å². The normalized spacial score (nSPS) is 27.0. The van der Waals surface area contributed by atoms with Crippen LogP contribution in [0.3, 0.4) is 0 Å². The second-order valence-electron chi connectivity index (χ2n) is 8.71. The van der Waals surface area contributed by atoms with Gasteiger partial charge in [0.25, 0.3) is 0 Å². The lowest BCUT2D eigenvalue weighted by molar-refractivity contribution is -0.122. The second-order valence-corrected chi connectivity index (χ2v) is 11.4. The zero-order chi connectivity index (χ0) is 19.6. The van der Waals surface area contributed by atoms with E-state index in [0.29, 0.717) is 17.7 Å². The van der Waals surface area contributed by atoms with E-state index in [2.05, 4.69) is 17.2 Å². The van der Waals surface area contributed by atoms with Gasteiger partial charge in [-0.1, -0.05) is 62.3 Å². The number of hydrogen-bond acceptors (Lipinski definition) is 4. The lowest BCUT2D eigenvalue weighted by Gasteiger charge is -2.23. The highest BCUT2D eigenvalue weighted by atomic mass is 33.1. The minimum atomic E-state index is 0.252. The number of carbonyl (C=O) groups is 1. The molecule has 1 aromatic heterocycles. The lowest BCUT2D eigenvalue weighted by atomic mass is 9.83. The van der Waals surface area contributed by atoms with E-state index in [-0.39, 0.29) is 5.91 Å². The Balaban J connectivity index is 1.38. The third kappa shape index (κ3) is 7.98. The summed E-state index contributed by atoms with van der Waals surface area (Å²) < 4.78 is 0. The number of hydrogen-bond donors (Lipinski definition) is 1. The SMILES string of the molecule is CC(CCC(=O)NC1CCC2CCCCC(CC2)CC1)SSc1ccccn1. The summed E-state index contributed by atoms with van der Waals surface area (Å²) in [5.74, 6) is 2.06. The van der Waals surface area contributed by atoms with Crippen LogP contribution in [0.25, 0.3) is 0 Å². The van der Waals surface area contributed by atoms with E-state index < -0.39 is 0 Å². The summed E-state index contributed by atoms with van der Waals surface area (Å²) in [7, 11) is 3.52. The molecule has 2 aliphatic carbocycles. The zero-order valence-electron chi connectivity index (χ0n) is 17.3. The fourth-order valence-corrected chi connectivity index (χ4v) is 6.66. The Morgan fingerprint density at radius 3 is 2.39 bits per heavy atom. The van der Waals surface area contributed by atoms with Crippen LogP contribution in [0.2, 0.25) is 0 Å². The Kier molecular flexibility index (Phi) is 9.53. The molecule has 3 nitrogen and oxygen atoms in total. The van der Waals surface area contributed by atoms with Gasteiger partial charge in [-0.2, -0.15) is 0 Å². The van der Waals surface area contributed by atoms with Crippen LogP contribution in [0.4, 0.5) is 0 Å². The molecule has 2 fully saturated rings. The smallest absolute Gasteiger partial charge is 0.220 e. The summed E-state index contributed by atoms with van der Waals surface area (Å²) in [5, 5.41) is 4.87. The molecule has 1 heterocycles. The van der Waals surface area contributed by atoms with Crippen LogP contribution in [0.1, 0.15) is 84.0 Å². The summed E-state index contributed by atoms with van der Waals surface area (Å²) in [4.78, 5) is 16.9. The molecule has 0 saturated heterocycles. The van der Waals surface area contributed by atoms with Gasteiger partial charge in [0.15, 0.2) is 0 Å². The summed E-state index contributed by atoms with van der Waals surface area (Å²) in [6.07, 6.45) is 16.9. The van der Waals surface area contributed by atoms with Gasteiger partial charge in [-0.3, -0.25) is 4.79 Å². The molecule has 1 amide bonds. The quantitative estimate of drug-likeness (QED) is 0.502. The van der Waals surface area contributed by atoms with Gasteiger partial charge in [0.05, 0.1) is 0 Å². The molecule has 3 unspecified atom stereocenters. The second kappa shape index (κ2) is 12.1. The molecule has 156 valence electrons. The molecule has 2 aliphatic rings. The van der Waals surface area contributed by atoms with Gasteiger partial charge in [0.1, 0.15) is 5.03 Å². The van der Waals surface area contributed by atoms with E-state index in [4.69, 9.17) is 0 Å². The number of amides is 1. The first-order valence-corrected chi connectivity index (χ1v) is 13.4. The number of nitrogens with one attached hydrogen (secondary N) is 1. The standard InChI is InChI=1S/C23H36N2OS2/c1-18(27-28-23-8-4-5-17-24-23)9-16-22(26)25-21-14-12-19-6-2-3-7-20(11-10-19)13-15-21/h4-5,8,17-21H,2-3,6-7,9-16H2,1H3,(H,25,26). The molecular weight excluding hydrogens is 384 g/mol. The fraction of sp³-hybridized carbons (Fsp3) is 0.739. The van der Waals surface area contributed by atoms with Crippen LogP contribution in [0.15, 0.2) is 29.4 Å². The fourth-order valence-electron chi connectivity index (χ4n) is 4.58. The molecule has 3 rings (SSSR count). The van der Waals surface area contributed by atoms with Crippen molar-refractivity contribution in [3.05, 3.63) is 24.4 Å². The van der Waals surface area contributed by atoms with Crippen LogP contribution in [0.5, 0.6) is 0 Å². The lowest BCUT2D eigenvalue weighted by Crippen LogP contribution is -2.35. The van der Waals surface area contributed by atoms with Crippen molar-refractivity contribution in [3.8, 4) is 0 Å². The van der Waals surface area contributed by atoms with Gasteiger partial charge in [-0.05, 0) is 66.9 Å². The maximum Gasteiger partial charge on any atom is 0.220 e. The van der Waals surface area contributed by atoms with Crippen molar-refractivity contribution in [1.82, 2.24) is 10.3 Å². The Labute approximate surface area is 179 Å². The van der Waals surface area contributed by atoms with E-state index in [0.717, 1.165) is 23.3 Å². The minimum absolute atomic E-state index is 0.252. The third-order valence-corrected chi connectivity index (χ3v) is 9.24. The molecule has 3 atom stereocenters. The van der Waals surface area contributed by atoms with Crippen molar-refractivity contribution in [1.29, 1.82) is 0 Å². The van der Waals surface area contributed by atoms with Crippen molar-refractivity contribution in [2.24, 2.45) is 11.8 Å². The van der Waals surface area contributed by atoms with Gasteiger partial charge < -0.3 is 5.32 Å². The van der Waals surface area contributed by atoms with E-state index >= 15 is 0 Å². The highest BCUT2D eigenvalue weighted by molar-refractivity contribution is 8.76. The maximum atomic E-state index is 12.5. The molecule has 0 radical (unpaired) electrons. The third-order valence-electron chi connectivity index (χ3n) is 6.38. The first-order valence-electron chi connectivity index (χ1n) is 11.2. The predicted molar refractivity (Wildman–Crippen MR) is 121 cm³/mol. The molecular formula is C23H36N2OS2. The molecule has 0 aromatic carbocycles. The van der Waals surface area contributed by atoms with Gasteiger partial charge in [0, 0.05) is 23.9 Å². The first kappa shape index (κ1) is 22.0. The number of aromatic nitrogens is 1. The number of carbonyl (C=O) groups excluding carboxylic acids is 1. The maximum absolute atomic E-state index is 12.5. The van der Waals surface area contributed by atoms with Crippen molar-refractivity contribution in [2.45, 2.75) is 100 Å². The average Bonchev–Trinajstić information content (AvgIpc) is 2.75. The Hall–Kier alpha value is -0.680. The largest absolute Gasteiger partial charge is 0.353 e. The van der Waals surface area contributed by atoms with E-state index in [1.54, 1.807) is 10.8 Å². The van der Waals surface area contributed by atoms with Crippen LogP contribution in [-0.4, -0.2) is 22.2 Å². The van der Waals surface area contributed by atoms with Crippen molar-refractivity contribution in [3.63, 3.8) is 0 Å². The van der Waals surface area contributed by atoms with Gasteiger partial charge >= 0.3 is 0 Å². The minimum Gasteiger partial charge on any atom is -0.353 e. The van der Waals surface area contributed by atoms with Crippen molar-refractivity contribution >= 4 is 27.5 Å². The Morgan fingerprint density at radius 2 is 1.75 bits per heavy atom. The van der Waals surface area contributed by atoms with Gasteiger partial charge in [-0.15, -0.1) is 0 Å². The highest BCUT2D eigenvalue weighted by Gasteiger charge is 2.23. The van der Waals surface area contributed by atoms with Crippen LogP contribution < -0.4 is 5.32 Å². The number of rotatable bonds is 7. The van der Waals surface area contributed by atoms with Crippen LogP contribution in [-0.2, 0) is 4.79 Å². The van der Waals surface area contributed by atoms with Crippen LogP contribution >= 0.6 is 21.6 Å². The molecule has 0 aliphatic heterocycles. The van der Waals surface area contributed by atoms with Crippen molar-refractivity contribution < 1.29 is 4.79 Å². The summed E-state index contributed by atoms with van der Waals surface area (Å²) in [6.45, 7) is 2.21. The van der Waals surface area contributed by atoms with E-state index in [1.807, 2.05) is 35.2 Å². The molecule has 1 N–H and O–H groups in total. The van der Waals surface area contributed by atoms with Crippen molar-refractivity contribution in [2.75, 3.05) is 0 Å². The molecule has 0 spiro atoms. The zero-order valence-corrected chi connectivity index (χ0v) is 18.9. The predicted octanol–water partition coefficient (Wildman–Crippen LogP) is 6.64. The van der Waals surface area contributed by atoms with E-state index in [9.17, 15) is 4.79 Å². The summed E-state index contributed by atoms with van der Waals surface area (Å²) in [6, 6.07) is 6.39. The number of pyridine rings is 1. The topological polar surface area (TPSA) is 42.0 Å². The Bertz CT molecular complexity index is 565.